The second kappa shape index (κ2) is 7.07. The number of benzene rings is 1. The summed E-state index contributed by atoms with van der Waals surface area (Å²) in [5.74, 6) is 1.16. The molecule has 0 saturated carbocycles. The summed E-state index contributed by atoms with van der Waals surface area (Å²) in [5.41, 5.74) is 1.32. The highest BCUT2D eigenvalue weighted by Crippen LogP contribution is 2.24. The SMILES string of the molecule is CC(Oc1ccc(C(C)(C)C)cc1)C(=O)Nc1ccnn1C(C)C. The van der Waals surface area contributed by atoms with Crippen LogP contribution in [-0.4, -0.2) is 21.8 Å². The molecule has 1 aromatic carbocycles. The van der Waals surface area contributed by atoms with Crippen LogP contribution in [0, 0.1) is 0 Å². The average Bonchev–Trinajstić information content (AvgIpc) is 2.95. The molecular weight excluding hydrogens is 302 g/mol. The van der Waals surface area contributed by atoms with Gasteiger partial charge in [0.25, 0.3) is 5.91 Å². The van der Waals surface area contributed by atoms with Crippen molar-refractivity contribution in [1.29, 1.82) is 0 Å². The van der Waals surface area contributed by atoms with Gasteiger partial charge in [-0.3, -0.25) is 4.79 Å². The third-order valence-corrected chi connectivity index (χ3v) is 3.81. The van der Waals surface area contributed by atoms with Gasteiger partial charge in [-0.05, 0) is 43.9 Å². The van der Waals surface area contributed by atoms with Gasteiger partial charge >= 0.3 is 0 Å². The van der Waals surface area contributed by atoms with E-state index in [-0.39, 0.29) is 17.4 Å². The van der Waals surface area contributed by atoms with Gasteiger partial charge in [0, 0.05) is 12.1 Å². The Balaban J connectivity index is 2.00. The number of anilines is 1. The summed E-state index contributed by atoms with van der Waals surface area (Å²) < 4.78 is 7.52. The molecule has 1 heterocycles. The van der Waals surface area contributed by atoms with Crippen LogP contribution in [-0.2, 0) is 10.2 Å². The van der Waals surface area contributed by atoms with E-state index in [4.69, 9.17) is 4.74 Å². The van der Waals surface area contributed by atoms with E-state index in [0.717, 1.165) is 0 Å². The van der Waals surface area contributed by atoms with E-state index in [9.17, 15) is 4.79 Å². The summed E-state index contributed by atoms with van der Waals surface area (Å²) in [7, 11) is 0. The van der Waals surface area contributed by atoms with Crippen molar-refractivity contribution in [3.05, 3.63) is 42.1 Å². The highest BCUT2D eigenvalue weighted by molar-refractivity contribution is 5.93. The maximum atomic E-state index is 12.3. The summed E-state index contributed by atoms with van der Waals surface area (Å²) in [5, 5.41) is 7.07. The number of rotatable bonds is 5. The second-order valence-electron chi connectivity index (χ2n) is 7.28. The zero-order valence-electron chi connectivity index (χ0n) is 15.3. The fourth-order valence-electron chi connectivity index (χ4n) is 2.34. The lowest BCUT2D eigenvalue weighted by molar-refractivity contribution is -0.122. The number of hydrogen-bond acceptors (Lipinski definition) is 3. The summed E-state index contributed by atoms with van der Waals surface area (Å²) in [6, 6.07) is 9.84. The molecule has 1 atom stereocenters. The predicted octanol–water partition coefficient (Wildman–Crippen LogP) is 4.17. The van der Waals surface area contributed by atoms with E-state index < -0.39 is 6.10 Å². The molecule has 2 aromatic rings. The van der Waals surface area contributed by atoms with Gasteiger partial charge in [-0.1, -0.05) is 32.9 Å². The van der Waals surface area contributed by atoms with Crippen LogP contribution < -0.4 is 10.1 Å². The van der Waals surface area contributed by atoms with Crippen LogP contribution in [0.25, 0.3) is 0 Å². The Bertz CT molecular complexity index is 681. The molecule has 0 aliphatic carbocycles. The van der Waals surface area contributed by atoms with Crippen molar-refractivity contribution < 1.29 is 9.53 Å². The van der Waals surface area contributed by atoms with Crippen molar-refractivity contribution in [2.75, 3.05) is 5.32 Å². The first-order valence-electron chi connectivity index (χ1n) is 8.30. The van der Waals surface area contributed by atoms with Crippen LogP contribution in [0.2, 0.25) is 0 Å². The van der Waals surface area contributed by atoms with Crippen molar-refractivity contribution >= 4 is 11.7 Å². The van der Waals surface area contributed by atoms with Gasteiger partial charge in [0.05, 0.1) is 6.20 Å². The summed E-state index contributed by atoms with van der Waals surface area (Å²) in [6.07, 6.45) is 1.08. The standard InChI is InChI=1S/C19H27N3O2/c1-13(2)22-17(11-12-20-22)21-18(23)14(3)24-16-9-7-15(8-10-16)19(4,5)6/h7-14H,1-6H3,(H,21,23). The number of hydrogen-bond donors (Lipinski definition) is 1. The van der Waals surface area contributed by atoms with Crippen LogP contribution in [0.15, 0.2) is 36.5 Å². The predicted molar refractivity (Wildman–Crippen MR) is 96.5 cm³/mol. The molecule has 24 heavy (non-hydrogen) atoms. The van der Waals surface area contributed by atoms with Crippen LogP contribution in [0.4, 0.5) is 5.82 Å². The Hall–Kier alpha value is -2.30. The summed E-state index contributed by atoms with van der Waals surface area (Å²) in [6.45, 7) is 12.3. The Morgan fingerprint density at radius 1 is 1.12 bits per heavy atom. The van der Waals surface area contributed by atoms with Crippen molar-refractivity contribution in [3.63, 3.8) is 0 Å². The molecule has 2 rings (SSSR count). The monoisotopic (exact) mass is 329 g/mol. The van der Waals surface area contributed by atoms with E-state index in [1.54, 1.807) is 23.9 Å². The number of amides is 1. The van der Waals surface area contributed by atoms with Gasteiger partial charge in [-0.2, -0.15) is 5.10 Å². The van der Waals surface area contributed by atoms with E-state index in [1.807, 2.05) is 38.1 Å². The Morgan fingerprint density at radius 2 is 1.75 bits per heavy atom. The second-order valence-corrected chi connectivity index (χ2v) is 7.28. The van der Waals surface area contributed by atoms with E-state index >= 15 is 0 Å². The molecule has 1 unspecified atom stereocenters. The molecule has 0 fully saturated rings. The first kappa shape index (κ1) is 18.0. The average molecular weight is 329 g/mol. The lowest BCUT2D eigenvalue weighted by Crippen LogP contribution is -2.31. The van der Waals surface area contributed by atoms with Gasteiger partial charge in [0.1, 0.15) is 11.6 Å². The van der Waals surface area contributed by atoms with E-state index in [1.165, 1.54) is 5.56 Å². The van der Waals surface area contributed by atoms with Gasteiger partial charge < -0.3 is 10.1 Å². The van der Waals surface area contributed by atoms with Gasteiger partial charge in [0.2, 0.25) is 0 Å². The van der Waals surface area contributed by atoms with Crippen molar-refractivity contribution in [1.82, 2.24) is 9.78 Å². The molecule has 0 aliphatic rings. The van der Waals surface area contributed by atoms with E-state index in [2.05, 4.69) is 31.2 Å². The molecule has 5 heteroatoms. The number of carbonyl (C=O) groups excluding carboxylic acids is 1. The molecule has 0 radical (unpaired) electrons. The number of nitrogens with zero attached hydrogens (tertiary/aromatic N) is 2. The lowest BCUT2D eigenvalue weighted by atomic mass is 9.87. The van der Waals surface area contributed by atoms with Crippen molar-refractivity contribution in [2.45, 2.75) is 59.1 Å². The molecule has 0 spiro atoms. The van der Waals surface area contributed by atoms with Gasteiger partial charge in [-0.15, -0.1) is 0 Å². The summed E-state index contributed by atoms with van der Waals surface area (Å²) in [4.78, 5) is 12.3. The molecule has 1 N–H and O–H groups in total. The molecular formula is C19H27N3O2. The normalized spacial score (nSPS) is 13.0. The van der Waals surface area contributed by atoms with Gasteiger partial charge in [-0.25, -0.2) is 4.68 Å². The number of nitrogens with one attached hydrogen (secondary N) is 1. The van der Waals surface area contributed by atoms with E-state index in [0.29, 0.717) is 11.6 Å². The quantitative estimate of drug-likeness (QED) is 0.896. The molecule has 1 aromatic heterocycles. The fourth-order valence-corrected chi connectivity index (χ4v) is 2.34. The first-order valence-corrected chi connectivity index (χ1v) is 8.30. The molecule has 5 nitrogen and oxygen atoms in total. The van der Waals surface area contributed by atoms with Crippen LogP contribution >= 0.6 is 0 Å². The number of carbonyl (C=O) groups is 1. The molecule has 0 saturated heterocycles. The lowest BCUT2D eigenvalue weighted by Gasteiger charge is -2.20. The summed E-state index contributed by atoms with van der Waals surface area (Å²) >= 11 is 0. The van der Waals surface area contributed by atoms with Gasteiger partial charge in [0.15, 0.2) is 6.10 Å². The third-order valence-electron chi connectivity index (χ3n) is 3.81. The highest BCUT2D eigenvalue weighted by atomic mass is 16.5. The van der Waals surface area contributed by atoms with Crippen molar-refractivity contribution in [2.24, 2.45) is 0 Å². The minimum absolute atomic E-state index is 0.0940. The molecule has 0 bridgehead atoms. The number of ether oxygens (including phenoxy) is 1. The van der Waals surface area contributed by atoms with Crippen molar-refractivity contribution in [3.8, 4) is 5.75 Å². The molecule has 0 aliphatic heterocycles. The van der Waals surface area contributed by atoms with Crippen LogP contribution in [0.5, 0.6) is 5.75 Å². The Kier molecular flexibility index (Phi) is 5.32. The topological polar surface area (TPSA) is 56.1 Å². The zero-order chi connectivity index (χ0) is 17.9. The largest absolute Gasteiger partial charge is 0.481 e. The highest BCUT2D eigenvalue weighted by Gasteiger charge is 2.18. The number of aromatic nitrogens is 2. The smallest absolute Gasteiger partial charge is 0.266 e. The minimum atomic E-state index is -0.596. The zero-order valence-corrected chi connectivity index (χ0v) is 15.3. The third kappa shape index (κ3) is 4.37. The first-order chi connectivity index (χ1) is 11.2. The Morgan fingerprint density at radius 3 is 2.29 bits per heavy atom. The fraction of sp³-hybridized carbons (Fsp3) is 0.474. The van der Waals surface area contributed by atoms with Crippen LogP contribution in [0.3, 0.4) is 0 Å². The maximum Gasteiger partial charge on any atom is 0.266 e. The van der Waals surface area contributed by atoms with Crippen LogP contribution in [0.1, 0.15) is 53.1 Å². The maximum absolute atomic E-state index is 12.3. The molecule has 130 valence electrons. The molecule has 1 amide bonds. The minimum Gasteiger partial charge on any atom is -0.481 e. The Labute approximate surface area is 144 Å².